The maximum absolute atomic E-state index is 13.5. The number of thioether (sulfide) groups is 1. The number of methoxy groups -OCH3 is 1. The van der Waals surface area contributed by atoms with E-state index in [1.165, 1.54) is 0 Å². The first-order chi connectivity index (χ1) is 18.0. The highest BCUT2D eigenvalue weighted by molar-refractivity contribution is 8.00. The number of hydrogen-bond acceptors (Lipinski definition) is 9. The fraction of sp³-hybridized carbons (Fsp3) is 0.913. The van der Waals surface area contributed by atoms with Gasteiger partial charge in [-0.05, 0) is 31.6 Å². The molecule has 5 aliphatic rings. The van der Waals surface area contributed by atoms with Gasteiger partial charge < -0.3 is 20.3 Å². The van der Waals surface area contributed by atoms with Crippen LogP contribution in [0.25, 0.3) is 0 Å². The summed E-state index contributed by atoms with van der Waals surface area (Å²) in [5, 5.41) is 13.5. The van der Waals surface area contributed by atoms with Crippen LogP contribution in [0.4, 0.5) is 13.2 Å². The standard InChI is InChI=1S/C23H37ClF3N7O3S/c1-11-3-13(14-4-19(24)29-7-17(14)37-2)15(6-28-11)20(35)32-22-31-16-9-33(10-18(16)38-22)21(36)12-5-30-34(8-12)23(25,26)27/h11-19,22,28-31H,3-10H2,1-2H3,(H,32,35). The molecule has 10 unspecified atom stereocenters. The topological polar surface area (TPSA) is 110 Å². The zero-order chi connectivity index (χ0) is 27.2. The SMILES string of the molecule is COC1CNC(Cl)CC1C1CC(C)NCC1C(=O)NC1NC2CN(C(=O)C3CNN(C(F)(F)F)C3)CC2S1. The number of carbonyl (C=O) groups excluding carboxylic acids is 2. The second kappa shape index (κ2) is 11.6. The molecular weight excluding hydrogens is 547 g/mol. The molecule has 5 aliphatic heterocycles. The van der Waals surface area contributed by atoms with Gasteiger partial charge in [-0.3, -0.25) is 20.2 Å². The Balaban J connectivity index is 1.14. The van der Waals surface area contributed by atoms with Crippen molar-refractivity contribution in [1.82, 2.24) is 36.6 Å². The minimum atomic E-state index is -4.51. The van der Waals surface area contributed by atoms with Gasteiger partial charge in [0, 0.05) is 63.7 Å². The average molecular weight is 584 g/mol. The van der Waals surface area contributed by atoms with Gasteiger partial charge in [0.1, 0.15) is 5.50 Å². The van der Waals surface area contributed by atoms with Gasteiger partial charge in [-0.15, -0.1) is 23.4 Å². The number of hydrogen-bond donors (Lipinski definition) is 5. The summed E-state index contributed by atoms with van der Waals surface area (Å²) in [6.45, 7) is 3.83. The molecule has 10 nitrogen and oxygen atoms in total. The van der Waals surface area contributed by atoms with Gasteiger partial charge in [-0.1, -0.05) is 0 Å². The van der Waals surface area contributed by atoms with Gasteiger partial charge in [0.25, 0.3) is 0 Å². The number of alkyl halides is 4. The molecule has 0 aromatic carbocycles. The maximum Gasteiger partial charge on any atom is 0.473 e. The minimum absolute atomic E-state index is 0.00395. The molecule has 5 fully saturated rings. The Kier molecular flexibility index (Phi) is 8.71. The third kappa shape index (κ3) is 6.07. The van der Waals surface area contributed by atoms with Crippen molar-refractivity contribution in [1.29, 1.82) is 0 Å². The number of ether oxygens (including phenoxy) is 1. The van der Waals surface area contributed by atoms with E-state index in [0.29, 0.717) is 32.2 Å². The van der Waals surface area contributed by atoms with Crippen molar-refractivity contribution in [3.8, 4) is 0 Å². The van der Waals surface area contributed by atoms with Gasteiger partial charge in [0.2, 0.25) is 11.8 Å². The number of rotatable bonds is 5. The van der Waals surface area contributed by atoms with E-state index in [-0.39, 0.29) is 76.1 Å². The number of halogens is 4. The van der Waals surface area contributed by atoms with Gasteiger partial charge in [0.05, 0.1) is 23.4 Å². The molecule has 2 amide bonds. The highest BCUT2D eigenvalue weighted by Gasteiger charge is 2.49. The molecule has 38 heavy (non-hydrogen) atoms. The van der Waals surface area contributed by atoms with Crippen molar-refractivity contribution in [2.75, 3.05) is 46.4 Å². The Bertz CT molecular complexity index is 878. The van der Waals surface area contributed by atoms with E-state index >= 15 is 0 Å². The third-order valence-electron chi connectivity index (χ3n) is 8.63. The zero-order valence-electron chi connectivity index (χ0n) is 21.5. The van der Waals surface area contributed by atoms with Gasteiger partial charge in [-0.25, -0.2) is 5.43 Å². The van der Waals surface area contributed by atoms with Gasteiger partial charge in [-0.2, -0.15) is 18.2 Å². The maximum atomic E-state index is 13.5. The fourth-order valence-electron chi connectivity index (χ4n) is 6.63. The highest BCUT2D eigenvalue weighted by atomic mass is 35.5. The number of likely N-dealkylation sites (tertiary alicyclic amines) is 1. The average Bonchev–Trinajstić information content (AvgIpc) is 3.58. The molecule has 0 aromatic heterocycles. The molecular formula is C23H37ClF3N7O3S. The van der Waals surface area contributed by atoms with Crippen LogP contribution in [0.1, 0.15) is 19.8 Å². The molecule has 5 heterocycles. The smallest absolute Gasteiger partial charge is 0.380 e. The van der Waals surface area contributed by atoms with E-state index < -0.39 is 12.2 Å². The lowest BCUT2D eigenvalue weighted by atomic mass is 9.70. The van der Waals surface area contributed by atoms with Crippen LogP contribution in [-0.2, 0) is 14.3 Å². The van der Waals surface area contributed by atoms with Crippen molar-refractivity contribution in [3.05, 3.63) is 0 Å². The van der Waals surface area contributed by atoms with Crippen LogP contribution >= 0.6 is 23.4 Å². The molecule has 5 saturated heterocycles. The van der Waals surface area contributed by atoms with E-state index in [1.54, 1.807) is 23.8 Å². The molecule has 10 atom stereocenters. The summed E-state index contributed by atoms with van der Waals surface area (Å²) in [5.41, 5.74) is 1.84. The lowest BCUT2D eigenvalue weighted by molar-refractivity contribution is -0.255. The first kappa shape index (κ1) is 28.7. The van der Waals surface area contributed by atoms with Gasteiger partial charge >= 0.3 is 6.30 Å². The monoisotopic (exact) mass is 583 g/mol. The number of hydrazine groups is 1. The lowest BCUT2D eigenvalue weighted by Crippen LogP contribution is -2.57. The van der Waals surface area contributed by atoms with Crippen LogP contribution < -0.4 is 26.7 Å². The molecule has 5 rings (SSSR count). The molecule has 0 bridgehead atoms. The van der Waals surface area contributed by atoms with Crippen molar-refractivity contribution < 1.29 is 27.5 Å². The summed E-state index contributed by atoms with van der Waals surface area (Å²) < 4.78 is 44.5. The Morgan fingerprint density at radius 3 is 2.55 bits per heavy atom. The Hall–Kier alpha value is -0.870. The first-order valence-electron chi connectivity index (χ1n) is 13.3. The molecule has 0 saturated carbocycles. The summed E-state index contributed by atoms with van der Waals surface area (Å²) in [5.74, 6) is -0.925. The van der Waals surface area contributed by atoms with Crippen LogP contribution in [0.3, 0.4) is 0 Å². The second-order valence-corrected chi connectivity index (χ2v) is 13.0. The predicted molar refractivity (Wildman–Crippen MR) is 137 cm³/mol. The fourth-order valence-corrected chi connectivity index (χ4v) is 8.33. The number of fused-ring (bicyclic) bond motifs is 1. The van der Waals surface area contributed by atoms with Crippen LogP contribution in [0.5, 0.6) is 0 Å². The molecule has 0 radical (unpaired) electrons. The van der Waals surface area contributed by atoms with Crippen LogP contribution in [0.15, 0.2) is 0 Å². The van der Waals surface area contributed by atoms with E-state index in [4.69, 9.17) is 16.3 Å². The largest absolute Gasteiger partial charge is 0.473 e. The predicted octanol–water partition coefficient (Wildman–Crippen LogP) is 0.0618. The summed E-state index contributed by atoms with van der Waals surface area (Å²) in [4.78, 5) is 28.0. The van der Waals surface area contributed by atoms with E-state index in [9.17, 15) is 22.8 Å². The summed E-state index contributed by atoms with van der Waals surface area (Å²) >= 11 is 8.00. The first-order valence-corrected chi connectivity index (χ1v) is 14.6. The van der Waals surface area contributed by atoms with E-state index in [1.807, 2.05) is 0 Å². The lowest BCUT2D eigenvalue weighted by Gasteiger charge is -2.45. The van der Waals surface area contributed by atoms with Crippen LogP contribution in [0.2, 0.25) is 0 Å². The van der Waals surface area contributed by atoms with E-state index in [0.717, 1.165) is 12.8 Å². The molecule has 15 heteroatoms. The summed E-state index contributed by atoms with van der Waals surface area (Å²) in [6.07, 6.45) is -2.91. The van der Waals surface area contributed by atoms with E-state index in [2.05, 4.69) is 33.6 Å². The number of nitrogens with one attached hydrogen (secondary N) is 5. The Labute approximate surface area is 229 Å². The Morgan fingerprint density at radius 2 is 1.87 bits per heavy atom. The zero-order valence-corrected chi connectivity index (χ0v) is 23.0. The van der Waals surface area contributed by atoms with Gasteiger partial charge in [0.15, 0.2) is 0 Å². The molecule has 0 aliphatic carbocycles. The molecule has 216 valence electrons. The van der Waals surface area contributed by atoms with Crippen molar-refractivity contribution >= 4 is 35.2 Å². The van der Waals surface area contributed by atoms with Crippen molar-refractivity contribution in [2.45, 2.75) is 60.5 Å². The Morgan fingerprint density at radius 1 is 1.08 bits per heavy atom. The number of amides is 2. The quantitative estimate of drug-likeness (QED) is 0.227. The number of nitrogens with zero attached hydrogens (tertiary/aromatic N) is 2. The number of piperidine rings is 2. The summed E-state index contributed by atoms with van der Waals surface area (Å²) in [6, 6.07) is 0.271. The third-order valence-corrected chi connectivity index (χ3v) is 10.3. The normalized spacial score (nSPS) is 42.3. The molecule has 0 spiro atoms. The highest BCUT2D eigenvalue weighted by Crippen LogP contribution is 2.39. The number of carbonyl (C=O) groups is 2. The minimum Gasteiger partial charge on any atom is -0.380 e. The van der Waals surface area contributed by atoms with Crippen LogP contribution in [0, 0.1) is 23.7 Å². The summed E-state index contributed by atoms with van der Waals surface area (Å²) in [7, 11) is 1.70. The van der Waals surface area contributed by atoms with Crippen LogP contribution in [-0.4, -0.2) is 109 Å². The van der Waals surface area contributed by atoms with Crippen molar-refractivity contribution in [2.24, 2.45) is 23.7 Å². The molecule has 0 aromatic rings. The van der Waals surface area contributed by atoms with Crippen molar-refractivity contribution in [3.63, 3.8) is 0 Å². The molecule has 5 N–H and O–H groups in total. The second-order valence-electron chi connectivity index (χ2n) is 11.1.